The van der Waals surface area contributed by atoms with E-state index in [2.05, 4.69) is 60.8 Å². The normalized spacial score (nSPS) is 12.7. The van der Waals surface area contributed by atoms with Gasteiger partial charge in [-0.3, -0.25) is 0 Å². The van der Waals surface area contributed by atoms with Crippen molar-refractivity contribution < 1.29 is 0 Å². The molecule has 14 heavy (non-hydrogen) atoms. The van der Waals surface area contributed by atoms with Crippen LogP contribution in [0.1, 0.15) is 48.5 Å². The summed E-state index contributed by atoms with van der Waals surface area (Å²) in [5.74, 6) is 2.49. The van der Waals surface area contributed by atoms with Crippen LogP contribution in [-0.2, 0) is 0 Å². The average molecular weight is 214 g/mol. The second-order valence-corrected chi connectivity index (χ2v) is 10.3. The van der Waals surface area contributed by atoms with Gasteiger partial charge in [-0.1, -0.05) is 66.4 Å². The summed E-state index contributed by atoms with van der Waals surface area (Å²) in [6.45, 7) is 19.4. The third-order valence-electron chi connectivity index (χ3n) is 3.13. The summed E-state index contributed by atoms with van der Waals surface area (Å²) in [7, 11) is 0. The van der Waals surface area contributed by atoms with Gasteiger partial charge in [0.1, 0.15) is 0 Å². The third-order valence-corrected chi connectivity index (χ3v) is 9.38. The molecular formula is C13H27P. The topological polar surface area (TPSA) is 0 Å². The molecule has 0 bridgehead atoms. The maximum absolute atomic E-state index is 4.06. The molecule has 0 unspecified atom stereocenters. The van der Waals surface area contributed by atoms with Gasteiger partial charge in [0.15, 0.2) is 0 Å². The van der Waals surface area contributed by atoms with E-state index in [4.69, 9.17) is 0 Å². The Morgan fingerprint density at radius 3 is 1.29 bits per heavy atom. The van der Waals surface area contributed by atoms with Gasteiger partial charge in [-0.05, 0) is 23.9 Å². The minimum Gasteiger partial charge on any atom is -0.0973 e. The smallest absolute Gasteiger partial charge is 0.0263 e. The molecule has 0 saturated heterocycles. The predicted octanol–water partition coefficient (Wildman–Crippen LogP) is 4.61. The van der Waals surface area contributed by atoms with Crippen molar-refractivity contribution in [3.8, 4) is 0 Å². The lowest BCUT2D eigenvalue weighted by Crippen LogP contribution is -2.19. The number of rotatable bonds is 4. The number of allylic oxidation sites excluding steroid dienone is 1. The van der Waals surface area contributed by atoms with Crippen LogP contribution in [0.4, 0.5) is 0 Å². The average Bonchev–Trinajstić information content (AvgIpc) is 1.97. The number of hydrogen-bond donors (Lipinski definition) is 0. The highest BCUT2D eigenvalue weighted by molar-refractivity contribution is 7.77. The molecule has 0 rings (SSSR count). The summed E-state index contributed by atoms with van der Waals surface area (Å²) in [5.41, 5.74) is 3.58. The van der Waals surface area contributed by atoms with Gasteiger partial charge in [-0.15, -0.1) is 0 Å². The van der Waals surface area contributed by atoms with Crippen molar-refractivity contribution >= 4 is 12.7 Å². The van der Waals surface area contributed by atoms with Gasteiger partial charge in [-0.2, -0.15) is 0 Å². The molecule has 0 aromatic rings. The molecule has 0 atom stereocenters. The van der Waals surface area contributed by atoms with Crippen molar-refractivity contribution in [2.45, 2.75) is 65.4 Å². The first-order chi connectivity index (χ1) is 6.25. The molecule has 0 spiro atoms. The summed E-state index contributed by atoms with van der Waals surface area (Å²) in [4.78, 5) is 0. The second-order valence-electron chi connectivity index (χ2n) is 5.15. The Bertz CT molecular complexity index is 215. The highest BCUT2D eigenvalue weighted by Gasteiger charge is 2.28. The van der Waals surface area contributed by atoms with Crippen molar-refractivity contribution in [3.63, 3.8) is 0 Å². The molecular weight excluding hydrogens is 187 g/mol. The summed E-state index contributed by atoms with van der Waals surface area (Å²) >= 11 is 0. The molecule has 84 valence electrons. The summed E-state index contributed by atoms with van der Waals surface area (Å²) < 4.78 is 0. The second kappa shape index (κ2) is 5.21. The van der Waals surface area contributed by atoms with Crippen LogP contribution in [0.25, 0.3) is 0 Å². The Hall–Kier alpha value is 0.0400. The molecule has 0 N–H and O–H groups in total. The molecule has 0 aromatic heterocycles. The van der Waals surface area contributed by atoms with Gasteiger partial charge < -0.3 is 0 Å². The van der Waals surface area contributed by atoms with E-state index in [9.17, 15) is 0 Å². The Balaban J connectivity index is 5.51. The van der Waals surface area contributed by atoms with Crippen molar-refractivity contribution in [2.75, 3.05) is 0 Å². The molecule has 0 aromatic carbocycles. The van der Waals surface area contributed by atoms with Gasteiger partial charge in [0.25, 0.3) is 0 Å². The predicted molar refractivity (Wildman–Crippen MR) is 73.2 cm³/mol. The van der Waals surface area contributed by atoms with E-state index in [1.165, 1.54) is 5.57 Å². The Morgan fingerprint density at radius 2 is 1.21 bits per heavy atom. The van der Waals surface area contributed by atoms with Gasteiger partial charge in [0.2, 0.25) is 0 Å². The molecule has 0 amide bonds. The first-order valence-corrected chi connectivity index (χ1v) is 7.70. The lowest BCUT2D eigenvalue weighted by Gasteiger charge is -2.38. The maximum Gasteiger partial charge on any atom is -0.0263 e. The summed E-state index contributed by atoms with van der Waals surface area (Å²) in [6.07, 6.45) is 0. The zero-order valence-electron chi connectivity index (χ0n) is 11.0. The molecule has 0 aliphatic carbocycles. The molecule has 0 radical (unpaired) electrons. The first-order valence-electron chi connectivity index (χ1n) is 5.64. The van der Waals surface area contributed by atoms with Gasteiger partial charge in [-0.25, -0.2) is 0 Å². The van der Waals surface area contributed by atoms with Crippen LogP contribution in [0.3, 0.4) is 0 Å². The Morgan fingerprint density at radius 1 is 0.929 bits per heavy atom. The van der Waals surface area contributed by atoms with Gasteiger partial charge in [0.05, 0.1) is 0 Å². The Labute approximate surface area is 90.8 Å². The largest absolute Gasteiger partial charge is 0.0973 e. The molecule has 0 heterocycles. The molecule has 1 heteroatoms. The van der Waals surface area contributed by atoms with Gasteiger partial charge in [0, 0.05) is 0 Å². The fourth-order valence-electron chi connectivity index (χ4n) is 2.62. The highest BCUT2D eigenvalue weighted by Crippen LogP contribution is 2.60. The zero-order valence-corrected chi connectivity index (χ0v) is 11.9. The van der Waals surface area contributed by atoms with Gasteiger partial charge >= 0.3 is 0 Å². The fraction of sp³-hybridized carbons (Fsp3) is 0.769. The monoisotopic (exact) mass is 214 g/mol. The van der Waals surface area contributed by atoms with Crippen LogP contribution < -0.4 is 0 Å². The first kappa shape index (κ1) is 14.0. The van der Waals surface area contributed by atoms with Crippen LogP contribution in [0.15, 0.2) is 12.2 Å². The molecule has 0 aliphatic heterocycles. The van der Waals surface area contributed by atoms with Crippen molar-refractivity contribution in [1.82, 2.24) is 0 Å². The SMILES string of the molecule is C=C(C)C=P(C(C)C)(C(C)C)C(C)C. The van der Waals surface area contributed by atoms with E-state index in [0.29, 0.717) is 0 Å². The molecule has 0 saturated carbocycles. The van der Waals surface area contributed by atoms with E-state index in [1.807, 2.05) is 0 Å². The van der Waals surface area contributed by atoms with Crippen molar-refractivity contribution in [2.24, 2.45) is 0 Å². The zero-order chi connectivity index (χ0) is 11.5. The maximum atomic E-state index is 4.06. The van der Waals surface area contributed by atoms with Crippen LogP contribution in [0, 0.1) is 0 Å². The van der Waals surface area contributed by atoms with Crippen molar-refractivity contribution in [1.29, 1.82) is 0 Å². The minimum absolute atomic E-state index is 0.777. The van der Waals surface area contributed by atoms with Crippen LogP contribution >= 0.6 is 6.89 Å². The molecule has 0 aliphatic rings. The van der Waals surface area contributed by atoms with Crippen LogP contribution in [0.2, 0.25) is 0 Å². The van der Waals surface area contributed by atoms with Crippen LogP contribution in [0.5, 0.6) is 0 Å². The molecule has 0 nitrogen and oxygen atoms in total. The summed E-state index contributed by atoms with van der Waals surface area (Å²) in [5, 5.41) is 0. The Kier molecular flexibility index (Phi) is 5.23. The minimum atomic E-state index is -0.993. The standard InChI is InChI=1S/C13H27P/c1-10(2)9-14(11(3)4,12(5)6)13(7)8/h9,11-13H,1H2,2-8H3. The lowest BCUT2D eigenvalue weighted by atomic mass is 10.4. The van der Waals surface area contributed by atoms with E-state index >= 15 is 0 Å². The molecule has 0 fully saturated rings. The van der Waals surface area contributed by atoms with E-state index < -0.39 is 6.89 Å². The van der Waals surface area contributed by atoms with Crippen molar-refractivity contribution in [3.05, 3.63) is 12.2 Å². The highest BCUT2D eigenvalue weighted by atomic mass is 31.2. The number of hydrogen-bond acceptors (Lipinski definition) is 0. The van der Waals surface area contributed by atoms with E-state index in [1.54, 1.807) is 0 Å². The fourth-order valence-corrected chi connectivity index (χ4v) is 7.85. The van der Waals surface area contributed by atoms with Crippen LogP contribution in [-0.4, -0.2) is 22.8 Å². The summed E-state index contributed by atoms with van der Waals surface area (Å²) in [6, 6.07) is 0. The van der Waals surface area contributed by atoms with E-state index in [0.717, 1.165) is 17.0 Å². The third kappa shape index (κ3) is 2.76. The van der Waals surface area contributed by atoms with E-state index in [-0.39, 0.29) is 0 Å². The lowest BCUT2D eigenvalue weighted by molar-refractivity contribution is 0.940. The quantitative estimate of drug-likeness (QED) is 0.600.